The summed E-state index contributed by atoms with van der Waals surface area (Å²) in [5.74, 6) is 0.653. The maximum absolute atomic E-state index is 5.62. The van der Waals surface area contributed by atoms with Crippen LogP contribution in [0.3, 0.4) is 0 Å². The summed E-state index contributed by atoms with van der Waals surface area (Å²) >= 11 is 3.83. The summed E-state index contributed by atoms with van der Waals surface area (Å²) < 4.78 is 5.62. The standard InChI is InChI=1S/C14H19BrO/c1-10-4-3-5-12(8-10)9-14(15)13-6-7-16-11(13)2/h3-5,8,11,13-14H,6-7,9H2,1-2H3. The van der Waals surface area contributed by atoms with Gasteiger partial charge >= 0.3 is 0 Å². The van der Waals surface area contributed by atoms with E-state index in [2.05, 4.69) is 54.0 Å². The Morgan fingerprint density at radius 2 is 2.31 bits per heavy atom. The van der Waals surface area contributed by atoms with Gasteiger partial charge in [-0.25, -0.2) is 0 Å². The van der Waals surface area contributed by atoms with Crippen LogP contribution in [0.1, 0.15) is 24.5 Å². The van der Waals surface area contributed by atoms with Crippen LogP contribution in [0, 0.1) is 12.8 Å². The molecule has 1 aromatic carbocycles. The van der Waals surface area contributed by atoms with Crippen molar-refractivity contribution in [1.29, 1.82) is 0 Å². The first-order valence-electron chi connectivity index (χ1n) is 5.98. The topological polar surface area (TPSA) is 9.23 Å². The second-order valence-corrected chi connectivity index (χ2v) is 5.91. The van der Waals surface area contributed by atoms with Gasteiger partial charge in [-0.05, 0) is 38.2 Å². The van der Waals surface area contributed by atoms with E-state index in [9.17, 15) is 0 Å². The highest BCUT2D eigenvalue weighted by molar-refractivity contribution is 9.09. The maximum atomic E-state index is 5.62. The molecule has 1 aliphatic heterocycles. The Kier molecular flexibility index (Phi) is 4.04. The minimum atomic E-state index is 0.397. The van der Waals surface area contributed by atoms with Crippen molar-refractivity contribution in [1.82, 2.24) is 0 Å². The van der Waals surface area contributed by atoms with Crippen molar-refractivity contribution in [3.05, 3.63) is 35.4 Å². The first-order chi connectivity index (χ1) is 7.66. The van der Waals surface area contributed by atoms with Gasteiger partial charge < -0.3 is 4.74 Å². The Hall–Kier alpha value is -0.340. The molecule has 0 saturated carbocycles. The minimum absolute atomic E-state index is 0.397. The molecule has 2 heteroatoms. The van der Waals surface area contributed by atoms with Gasteiger partial charge in [0.1, 0.15) is 0 Å². The fraction of sp³-hybridized carbons (Fsp3) is 0.571. The summed E-state index contributed by atoms with van der Waals surface area (Å²) in [5, 5.41) is 0. The molecule has 1 saturated heterocycles. The van der Waals surface area contributed by atoms with Gasteiger partial charge in [-0.3, -0.25) is 0 Å². The minimum Gasteiger partial charge on any atom is -0.378 e. The molecule has 16 heavy (non-hydrogen) atoms. The van der Waals surface area contributed by atoms with Crippen LogP contribution in [-0.4, -0.2) is 17.5 Å². The number of halogens is 1. The number of aryl methyl sites for hydroxylation is 1. The van der Waals surface area contributed by atoms with Crippen molar-refractivity contribution in [2.24, 2.45) is 5.92 Å². The van der Waals surface area contributed by atoms with Crippen LogP contribution in [0.4, 0.5) is 0 Å². The van der Waals surface area contributed by atoms with E-state index < -0.39 is 0 Å². The fourth-order valence-electron chi connectivity index (χ4n) is 2.44. The first-order valence-corrected chi connectivity index (χ1v) is 6.89. The Bertz CT molecular complexity index is 350. The summed E-state index contributed by atoms with van der Waals surface area (Å²) in [6, 6.07) is 8.77. The number of hydrogen-bond donors (Lipinski definition) is 0. The van der Waals surface area contributed by atoms with E-state index in [1.807, 2.05) is 0 Å². The third-order valence-corrected chi connectivity index (χ3v) is 4.42. The monoisotopic (exact) mass is 282 g/mol. The van der Waals surface area contributed by atoms with Gasteiger partial charge in [0.05, 0.1) is 6.10 Å². The number of ether oxygens (including phenoxy) is 1. The zero-order valence-electron chi connectivity index (χ0n) is 9.95. The molecule has 3 atom stereocenters. The molecule has 1 heterocycles. The smallest absolute Gasteiger partial charge is 0.0586 e. The lowest BCUT2D eigenvalue weighted by atomic mass is 9.94. The molecule has 1 aliphatic rings. The van der Waals surface area contributed by atoms with Crippen molar-refractivity contribution in [2.75, 3.05) is 6.61 Å². The van der Waals surface area contributed by atoms with Crippen LogP contribution in [0.15, 0.2) is 24.3 Å². The Balaban J connectivity index is 1.99. The summed E-state index contributed by atoms with van der Waals surface area (Å²) in [6.07, 6.45) is 2.68. The van der Waals surface area contributed by atoms with E-state index in [0.717, 1.165) is 13.0 Å². The summed E-state index contributed by atoms with van der Waals surface area (Å²) in [4.78, 5) is 0.534. The molecule has 1 fully saturated rings. The number of alkyl halides is 1. The fourth-order valence-corrected chi connectivity index (χ4v) is 3.51. The van der Waals surface area contributed by atoms with Crippen LogP contribution >= 0.6 is 15.9 Å². The van der Waals surface area contributed by atoms with Gasteiger partial charge in [0.15, 0.2) is 0 Å². The van der Waals surface area contributed by atoms with Crippen molar-refractivity contribution < 1.29 is 4.74 Å². The molecule has 0 aromatic heterocycles. The molecule has 2 rings (SSSR count). The molecule has 1 aromatic rings. The molecule has 0 aliphatic carbocycles. The van der Waals surface area contributed by atoms with E-state index >= 15 is 0 Å². The van der Waals surface area contributed by atoms with Crippen LogP contribution in [0.5, 0.6) is 0 Å². The largest absolute Gasteiger partial charge is 0.378 e. The van der Waals surface area contributed by atoms with Gasteiger partial charge in [-0.15, -0.1) is 0 Å². The first kappa shape index (κ1) is 12.1. The second kappa shape index (κ2) is 5.33. The van der Waals surface area contributed by atoms with Crippen molar-refractivity contribution in [2.45, 2.75) is 37.6 Å². The molecule has 0 N–H and O–H groups in total. The van der Waals surface area contributed by atoms with Crippen LogP contribution in [-0.2, 0) is 11.2 Å². The van der Waals surface area contributed by atoms with Crippen molar-refractivity contribution in [3.8, 4) is 0 Å². The lowest BCUT2D eigenvalue weighted by Gasteiger charge is -2.20. The highest BCUT2D eigenvalue weighted by Gasteiger charge is 2.30. The van der Waals surface area contributed by atoms with Gasteiger partial charge in [-0.2, -0.15) is 0 Å². The molecule has 0 bridgehead atoms. The predicted molar refractivity (Wildman–Crippen MR) is 71.1 cm³/mol. The van der Waals surface area contributed by atoms with Crippen LogP contribution < -0.4 is 0 Å². The molecule has 1 nitrogen and oxygen atoms in total. The average molecular weight is 283 g/mol. The van der Waals surface area contributed by atoms with Crippen LogP contribution in [0.2, 0.25) is 0 Å². The maximum Gasteiger partial charge on any atom is 0.0586 e. The van der Waals surface area contributed by atoms with E-state index in [-0.39, 0.29) is 0 Å². The molecule has 3 unspecified atom stereocenters. The van der Waals surface area contributed by atoms with E-state index in [1.165, 1.54) is 17.5 Å². The van der Waals surface area contributed by atoms with E-state index in [1.54, 1.807) is 0 Å². The lowest BCUT2D eigenvalue weighted by Crippen LogP contribution is -2.23. The summed E-state index contributed by atoms with van der Waals surface area (Å²) in [6.45, 7) is 5.25. The molecule has 0 amide bonds. The Morgan fingerprint density at radius 1 is 1.50 bits per heavy atom. The molecule has 88 valence electrons. The lowest BCUT2D eigenvalue weighted by molar-refractivity contribution is 0.105. The zero-order valence-corrected chi connectivity index (χ0v) is 11.5. The average Bonchev–Trinajstić information content (AvgIpc) is 2.64. The normalized spacial score (nSPS) is 26.9. The van der Waals surface area contributed by atoms with Gasteiger partial charge in [0, 0.05) is 11.4 Å². The van der Waals surface area contributed by atoms with E-state index in [4.69, 9.17) is 4.74 Å². The third kappa shape index (κ3) is 2.86. The van der Waals surface area contributed by atoms with Crippen molar-refractivity contribution in [3.63, 3.8) is 0 Å². The Labute approximate surface area is 106 Å². The molecule has 0 radical (unpaired) electrons. The quantitative estimate of drug-likeness (QED) is 0.768. The summed E-state index contributed by atoms with van der Waals surface area (Å²) in [5.41, 5.74) is 2.76. The number of hydrogen-bond acceptors (Lipinski definition) is 1. The summed E-state index contributed by atoms with van der Waals surface area (Å²) in [7, 11) is 0. The zero-order chi connectivity index (χ0) is 11.5. The van der Waals surface area contributed by atoms with Gasteiger partial charge in [0.2, 0.25) is 0 Å². The van der Waals surface area contributed by atoms with Gasteiger partial charge in [0.25, 0.3) is 0 Å². The highest BCUT2D eigenvalue weighted by atomic mass is 79.9. The Morgan fingerprint density at radius 3 is 2.94 bits per heavy atom. The second-order valence-electron chi connectivity index (χ2n) is 4.74. The third-order valence-electron chi connectivity index (χ3n) is 3.41. The predicted octanol–water partition coefficient (Wildman–Crippen LogP) is 3.73. The number of benzene rings is 1. The molecular weight excluding hydrogens is 264 g/mol. The molecule has 0 spiro atoms. The van der Waals surface area contributed by atoms with Crippen molar-refractivity contribution >= 4 is 15.9 Å². The van der Waals surface area contributed by atoms with E-state index in [0.29, 0.717) is 16.8 Å². The molecular formula is C14H19BrO. The van der Waals surface area contributed by atoms with Gasteiger partial charge in [-0.1, -0.05) is 45.8 Å². The van der Waals surface area contributed by atoms with Crippen LogP contribution in [0.25, 0.3) is 0 Å². The SMILES string of the molecule is Cc1cccc(CC(Br)C2CCOC2C)c1. The highest BCUT2D eigenvalue weighted by Crippen LogP contribution is 2.30. The number of rotatable bonds is 3.